The highest BCUT2D eigenvalue weighted by Crippen LogP contribution is 2.27. The SMILES string of the molecule is COc1ccc(CNCC(O)CO)cc1[N+](=O)[O-]. The van der Waals surface area contributed by atoms with Crippen LogP contribution >= 0.6 is 0 Å². The summed E-state index contributed by atoms with van der Waals surface area (Å²) >= 11 is 0. The Kier molecular flexibility index (Phi) is 5.50. The summed E-state index contributed by atoms with van der Waals surface area (Å²) in [6.45, 7) is 0.258. The van der Waals surface area contributed by atoms with Crippen LogP contribution in [0, 0.1) is 10.1 Å². The van der Waals surface area contributed by atoms with Crippen molar-refractivity contribution >= 4 is 5.69 Å². The average Bonchev–Trinajstić information content (AvgIpc) is 2.38. The first-order valence-electron chi connectivity index (χ1n) is 5.39. The van der Waals surface area contributed by atoms with Crippen molar-refractivity contribution in [2.24, 2.45) is 0 Å². The number of methoxy groups -OCH3 is 1. The van der Waals surface area contributed by atoms with Crippen molar-refractivity contribution in [1.29, 1.82) is 0 Å². The Balaban J connectivity index is 2.67. The lowest BCUT2D eigenvalue weighted by atomic mass is 10.2. The summed E-state index contributed by atoms with van der Waals surface area (Å²) in [5.74, 6) is 0.208. The topological polar surface area (TPSA) is 105 Å². The molecule has 0 aromatic heterocycles. The van der Waals surface area contributed by atoms with Crippen LogP contribution in [0.1, 0.15) is 5.56 Å². The van der Waals surface area contributed by atoms with E-state index >= 15 is 0 Å². The van der Waals surface area contributed by atoms with E-state index in [9.17, 15) is 10.1 Å². The lowest BCUT2D eigenvalue weighted by Gasteiger charge is -2.09. The number of nitro groups is 1. The van der Waals surface area contributed by atoms with Crippen molar-refractivity contribution in [3.05, 3.63) is 33.9 Å². The summed E-state index contributed by atoms with van der Waals surface area (Å²) in [6.07, 6.45) is -0.835. The van der Waals surface area contributed by atoms with Gasteiger partial charge in [-0.2, -0.15) is 0 Å². The zero-order chi connectivity index (χ0) is 13.5. The molecule has 0 spiro atoms. The number of rotatable bonds is 7. The Bertz CT molecular complexity index is 410. The normalized spacial score (nSPS) is 12.2. The van der Waals surface area contributed by atoms with Gasteiger partial charge >= 0.3 is 5.69 Å². The van der Waals surface area contributed by atoms with Gasteiger partial charge in [-0.25, -0.2) is 0 Å². The molecule has 0 saturated heterocycles. The van der Waals surface area contributed by atoms with Crippen molar-refractivity contribution in [2.45, 2.75) is 12.6 Å². The van der Waals surface area contributed by atoms with Crippen LogP contribution in [0.5, 0.6) is 5.75 Å². The van der Waals surface area contributed by atoms with Crippen LogP contribution in [-0.4, -0.2) is 41.5 Å². The summed E-state index contributed by atoms with van der Waals surface area (Å²) in [7, 11) is 1.37. The minimum absolute atomic E-state index is 0.0977. The van der Waals surface area contributed by atoms with E-state index in [1.54, 1.807) is 6.07 Å². The molecule has 0 aliphatic rings. The molecule has 0 radical (unpaired) electrons. The van der Waals surface area contributed by atoms with Gasteiger partial charge in [0.1, 0.15) is 0 Å². The second-order valence-corrected chi connectivity index (χ2v) is 3.73. The van der Waals surface area contributed by atoms with Gasteiger partial charge in [0.15, 0.2) is 5.75 Å². The third-order valence-corrected chi connectivity index (χ3v) is 2.36. The van der Waals surface area contributed by atoms with Crippen molar-refractivity contribution in [3.8, 4) is 5.75 Å². The number of nitro benzene ring substituents is 1. The first-order valence-corrected chi connectivity index (χ1v) is 5.39. The van der Waals surface area contributed by atoms with Gasteiger partial charge in [-0.3, -0.25) is 10.1 Å². The third kappa shape index (κ3) is 3.95. The van der Waals surface area contributed by atoms with Crippen molar-refractivity contribution < 1.29 is 19.9 Å². The number of hydrogen-bond donors (Lipinski definition) is 3. The smallest absolute Gasteiger partial charge is 0.311 e. The average molecular weight is 256 g/mol. The van der Waals surface area contributed by atoms with E-state index in [1.807, 2.05) is 0 Å². The summed E-state index contributed by atoms with van der Waals surface area (Å²) in [6, 6.07) is 4.64. The lowest BCUT2D eigenvalue weighted by Crippen LogP contribution is -2.28. The van der Waals surface area contributed by atoms with Crippen LogP contribution in [-0.2, 0) is 6.54 Å². The summed E-state index contributed by atoms with van der Waals surface area (Å²) < 4.78 is 4.89. The number of nitrogens with one attached hydrogen (secondary N) is 1. The molecule has 3 N–H and O–H groups in total. The molecule has 0 saturated carbocycles. The summed E-state index contributed by atoms with van der Waals surface area (Å²) in [5.41, 5.74) is 0.604. The number of aliphatic hydroxyl groups is 2. The first-order chi connectivity index (χ1) is 8.58. The largest absolute Gasteiger partial charge is 0.490 e. The zero-order valence-electron chi connectivity index (χ0n) is 10.00. The number of aliphatic hydroxyl groups excluding tert-OH is 2. The van der Waals surface area contributed by atoms with Gasteiger partial charge in [-0.15, -0.1) is 0 Å². The Hall–Kier alpha value is -1.70. The molecule has 1 unspecified atom stereocenters. The molecular weight excluding hydrogens is 240 g/mol. The van der Waals surface area contributed by atoms with Crippen molar-refractivity contribution in [1.82, 2.24) is 5.32 Å². The van der Waals surface area contributed by atoms with Gasteiger partial charge in [0.05, 0.1) is 24.7 Å². The van der Waals surface area contributed by atoms with E-state index in [4.69, 9.17) is 14.9 Å². The molecule has 100 valence electrons. The molecule has 7 heteroatoms. The van der Waals surface area contributed by atoms with Crippen LogP contribution in [0.4, 0.5) is 5.69 Å². The standard InChI is InChI=1S/C11H16N2O5/c1-18-11-3-2-8(4-10(11)13(16)17)5-12-6-9(15)7-14/h2-4,9,12,14-15H,5-7H2,1H3. The van der Waals surface area contributed by atoms with Crippen molar-refractivity contribution in [2.75, 3.05) is 20.3 Å². The van der Waals surface area contributed by atoms with Gasteiger partial charge in [-0.1, -0.05) is 6.07 Å². The van der Waals surface area contributed by atoms with E-state index in [1.165, 1.54) is 19.2 Å². The highest BCUT2D eigenvalue weighted by Gasteiger charge is 2.14. The molecule has 1 atom stereocenters. The first kappa shape index (κ1) is 14.4. The Labute approximate surface area is 104 Å². The van der Waals surface area contributed by atoms with Crippen LogP contribution in [0.3, 0.4) is 0 Å². The molecular formula is C11H16N2O5. The monoisotopic (exact) mass is 256 g/mol. The molecule has 0 fully saturated rings. The maximum absolute atomic E-state index is 10.8. The number of ether oxygens (including phenoxy) is 1. The van der Waals surface area contributed by atoms with E-state index in [-0.39, 0.29) is 24.6 Å². The molecule has 1 aromatic rings. The Morgan fingerprint density at radius 2 is 2.28 bits per heavy atom. The van der Waals surface area contributed by atoms with Gasteiger partial charge in [0.2, 0.25) is 0 Å². The van der Waals surface area contributed by atoms with Crippen LogP contribution in [0.15, 0.2) is 18.2 Å². The quantitative estimate of drug-likeness (QED) is 0.470. The summed E-state index contributed by atoms with van der Waals surface area (Å²) in [5, 5.41) is 31.4. The third-order valence-electron chi connectivity index (χ3n) is 2.36. The fourth-order valence-electron chi connectivity index (χ4n) is 1.44. The van der Waals surface area contributed by atoms with E-state index < -0.39 is 11.0 Å². The molecule has 7 nitrogen and oxygen atoms in total. The fraction of sp³-hybridized carbons (Fsp3) is 0.455. The predicted octanol–water partition coefficient (Wildman–Crippen LogP) is 0.0462. The number of hydrogen-bond acceptors (Lipinski definition) is 6. The van der Waals surface area contributed by atoms with Gasteiger partial charge in [-0.05, 0) is 11.6 Å². The molecule has 0 aliphatic carbocycles. The lowest BCUT2D eigenvalue weighted by molar-refractivity contribution is -0.385. The second-order valence-electron chi connectivity index (χ2n) is 3.73. The highest BCUT2D eigenvalue weighted by molar-refractivity contribution is 5.48. The zero-order valence-corrected chi connectivity index (χ0v) is 10.00. The van der Waals surface area contributed by atoms with Crippen LogP contribution in [0.25, 0.3) is 0 Å². The van der Waals surface area contributed by atoms with Crippen molar-refractivity contribution in [3.63, 3.8) is 0 Å². The van der Waals surface area contributed by atoms with Gasteiger partial charge in [0, 0.05) is 19.2 Å². The molecule has 1 aromatic carbocycles. The van der Waals surface area contributed by atoms with Gasteiger partial charge in [0.25, 0.3) is 0 Å². The predicted molar refractivity (Wildman–Crippen MR) is 64.4 cm³/mol. The number of benzene rings is 1. The molecule has 0 amide bonds. The Morgan fingerprint density at radius 1 is 1.56 bits per heavy atom. The Morgan fingerprint density at radius 3 is 2.83 bits per heavy atom. The number of nitrogens with zero attached hydrogens (tertiary/aromatic N) is 1. The maximum atomic E-state index is 10.8. The molecule has 0 aliphatic heterocycles. The molecule has 0 bridgehead atoms. The van der Waals surface area contributed by atoms with Crippen LogP contribution < -0.4 is 10.1 Å². The minimum atomic E-state index is -0.835. The maximum Gasteiger partial charge on any atom is 0.311 e. The van der Waals surface area contributed by atoms with E-state index in [2.05, 4.69) is 5.32 Å². The van der Waals surface area contributed by atoms with Gasteiger partial charge < -0.3 is 20.3 Å². The molecule has 1 rings (SSSR count). The van der Waals surface area contributed by atoms with E-state index in [0.29, 0.717) is 12.1 Å². The fourth-order valence-corrected chi connectivity index (χ4v) is 1.44. The minimum Gasteiger partial charge on any atom is -0.490 e. The summed E-state index contributed by atoms with van der Waals surface area (Å²) in [4.78, 5) is 10.3. The highest BCUT2D eigenvalue weighted by atomic mass is 16.6. The molecule has 18 heavy (non-hydrogen) atoms. The van der Waals surface area contributed by atoms with E-state index in [0.717, 1.165) is 0 Å². The second kappa shape index (κ2) is 6.90. The molecule has 0 heterocycles. The van der Waals surface area contributed by atoms with Crippen LogP contribution in [0.2, 0.25) is 0 Å².